The van der Waals surface area contributed by atoms with E-state index < -0.39 is 0 Å². The lowest BCUT2D eigenvalue weighted by Crippen LogP contribution is -2.22. The van der Waals surface area contributed by atoms with Crippen LogP contribution in [-0.2, 0) is 0 Å². The Kier molecular flexibility index (Phi) is 2.98. The van der Waals surface area contributed by atoms with E-state index in [2.05, 4.69) is 15.0 Å². The number of nitrogens with zero attached hydrogens (tertiary/aromatic N) is 4. The highest BCUT2D eigenvalue weighted by molar-refractivity contribution is 5.79. The molecular weight excluding hydrogens is 246 g/mol. The van der Waals surface area contributed by atoms with Crippen molar-refractivity contribution in [3.63, 3.8) is 0 Å². The Morgan fingerprint density at radius 3 is 2.74 bits per heavy atom. The van der Waals surface area contributed by atoms with Crippen molar-refractivity contribution in [2.75, 3.05) is 12.8 Å². The quantitative estimate of drug-likeness (QED) is 0.835. The molecule has 102 valence electrons. The topological polar surface area (TPSA) is 99.1 Å². The van der Waals surface area contributed by atoms with Crippen molar-refractivity contribution in [1.29, 1.82) is 0 Å². The van der Waals surface area contributed by atoms with Crippen molar-refractivity contribution in [2.24, 2.45) is 0 Å². The minimum atomic E-state index is -0.198. The van der Waals surface area contributed by atoms with E-state index in [-0.39, 0.29) is 12.1 Å². The standard InChI is InChI=1S/C12H17N5O2/c1-19-11-9-10(14-6-15-11)17(12(13)16-9)7-2-4-8(18)5-3-7/h6-8,18H,2-5H2,1H3,(H2,13,16). The molecule has 0 amide bonds. The van der Waals surface area contributed by atoms with Crippen LogP contribution in [0.4, 0.5) is 5.95 Å². The van der Waals surface area contributed by atoms with Crippen molar-refractivity contribution in [3.8, 4) is 5.88 Å². The van der Waals surface area contributed by atoms with Gasteiger partial charge in [-0.1, -0.05) is 0 Å². The number of aromatic nitrogens is 4. The number of nitrogens with two attached hydrogens (primary N) is 1. The van der Waals surface area contributed by atoms with Gasteiger partial charge in [0.25, 0.3) is 0 Å². The Balaban J connectivity index is 2.06. The third kappa shape index (κ3) is 1.99. The zero-order chi connectivity index (χ0) is 13.4. The number of anilines is 1. The number of rotatable bonds is 2. The number of hydrogen-bond donors (Lipinski definition) is 2. The summed E-state index contributed by atoms with van der Waals surface area (Å²) < 4.78 is 7.11. The van der Waals surface area contributed by atoms with Gasteiger partial charge in [-0.2, -0.15) is 4.98 Å². The monoisotopic (exact) mass is 263 g/mol. The van der Waals surface area contributed by atoms with Crippen LogP contribution >= 0.6 is 0 Å². The van der Waals surface area contributed by atoms with E-state index in [1.807, 2.05) is 4.57 Å². The number of imidazole rings is 1. The van der Waals surface area contributed by atoms with Crippen LogP contribution in [0.2, 0.25) is 0 Å². The lowest BCUT2D eigenvalue weighted by molar-refractivity contribution is 0.112. The molecular formula is C12H17N5O2. The highest BCUT2D eigenvalue weighted by Gasteiger charge is 2.25. The third-order valence-corrected chi connectivity index (χ3v) is 3.70. The zero-order valence-corrected chi connectivity index (χ0v) is 10.8. The van der Waals surface area contributed by atoms with Crippen LogP contribution in [0.3, 0.4) is 0 Å². The molecule has 2 heterocycles. The normalized spacial score (nSPS) is 23.7. The molecule has 19 heavy (non-hydrogen) atoms. The maximum absolute atomic E-state index is 9.59. The van der Waals surface area contributed by atoms with Crippen molar-refractivity contribution in [3.05, 3.63) is 6.33 Å². The fourth-order valence-electron chi connectivity index (χ4n) is 2.73. The lowest BCUT2D eigenvalue weighted by atomic mass is 9.93. The average Bonchev–Trinajstić information content (AvgIpc) is 2.76. The first-order valence-corrected chi connectivity index (χ1v) is 6.41. The van der Waals surface area contributed by atoms with E-state index in [4.69, 9.17) is 10.5 Å². The van der Waals surface area contributed by atoms with Crippen LogP contribution in [0.25, 0.3) is 11.2 Å². The molecule has 0 saturated heterocycles. The second-order valence-electron chi connectivity index (χ2n) is 4.86. The van der Waals surface area contributed by atoms with Crippen LogP contribution < -0.4 is 10.5 Å². The highest BCUT2D eigenvalue weighted by atomic mass is 16.5. The van der Waals surface area contributed by atoms with Crippen molar-refractivity contribution in [1.82, 2.24) is 19.5 Å². The Bertz CT molecular complexity index is 589. The van der Waals surface area contributed by atoms with Gasteiger partial charge in [-0.05, 0) is 25.7 Å². The Hall–Kier alpha value is -1.89. The smallest absolute Gasteiger partial charge is 0.245 e. The number of ether oxygens (including phenoxy) is 1. The van der Waals surface area contributed by atoms with Gasteiger partial charge in [0, 0.05) is 6.04 Å². The molecule has 0 unspecified atom stereocenters. The predicted molar refractivity (Wildman–Crippen MR) is 69.8 cm³/mol. The van der Waals surface area contributed by atoms with E-state index in [1.165, 1.54) is 6.33 Å². The molecule has 0 radical (unpaired) electrons. The molecule has 2 aromatic heterocycles. The Morgan fingerprint density at radius 2 is 2.05 bits per heavy atom. The van der Waals surface area contributed by atoms with E-state index >= 15 is 0 Å². The lowest BCUT2D eigenvalue weighted by Gasteiger charge is -2.27. The van der Waals surface area contributed by atoms with E-state index in [0.717, 1.165) is 25.7 Å². The molecule has 0 aromatic carbocycles. The third-order valence-electron chi connectivity index (χ3n) is 3.70. The van der Waals surface area contributed by atoms with Crippen LogP contribution in [0.5, 0.6) is 5.88 Å². The largest absolute Gasteiger partial charge is 0.479 e. The zero-order valence-electron chi connectivity index (χ0n) is 10.8. The summed E-state index contributed by atoms with van der Waals surface area (Å²) in [6.45, 7) is 0. The summed E-state index contributed by atoms with van der Waals surface area (Å²) in [6, 6.07) is 0.230. The van der Waals surface area contributed by atoms with E-state index in [9.17, 15) is 5.11 Å². The van der Waals surface area contributed by atoms with Crippen LogP contribution in [0.15, 0.2) is 6.33 Å². The molecule has 1 saturated carbocycles. The predicted octanol–water partition coefficient (Wildman–Crippen LogP) is 0.893. The SMILES string of the molecule is COc1ncnc2c1nc(N)n2C1CCC(O)CC1. The first kappa shape index (κ1) is 12.2. The summed E-state index contributed by atoms with van der Waals surface area (Å²) >= 11 is 0. The fraction of sp³-hybridized carbons (Fsp3) is 0.583. The maximum Gasteiger partial charge on any atom is 0.245 e. The summed E-state index contributed by atoms with van der Waals surface area (Å²) in [6.07, 6.45) is 4.58. The number of nitrogen functional groups attached to an aromatic ring is 1. The Morgan fingerprint density at radius 1 is 1.32 bits per heavy atom. The number of methoxy groups -OCH3 is 1. The molecule has 1 fully saturated rings. The van der Waals surface area contributed by atoms with E-state index in [1.54, 1.807) is 7.11 Å². The minimum absolute atomic E-state index is 0.198. The molecule has 0 aliphatic heterocycles. The van der Waals surface area contributed by atoms with Gasteiger partial charge in [-0.15, -0.1) is 0 Å². The van der Waals surface area contributed by atoms with Gasteiger partial charge in [-0.25, -0.2) is 9.97 Å². The van der Waals surface area contributed by atoms with Gasteiger partial charge in [0.2, 0.25) is 11.8 Å². The maximum atomic E-state index is 9.59. The van der Waals surface area contributed by atoms with Crippen molar-refractivity contribution < 1.29 is 9.84 Å². The minimum Gasteiger partial charge on any atom is -0.479 e. The summed E-state index contributed by atoms with van der Waals surface area (Å²) in [7, 11) is 1.55. The van der Waals surface area contributed by atoms with Gasteiger partial charge >= 0.3 is 0 Å². The molecule has 1 aliphatic rings. The first-order chi connectivity index (χ1) is 9.20. The van der Waals surface area contributed by atoms with Crippen molar-refractivity contribution >= 4 is 17.1 Å². The molecule has 7 heteroatoms. The molecule has 3 rings (SSSR count). The Labute approximate surface area is 110 Å². The number of hydrogen-bond acceptors (Lipinski definition) is 6. The molecule has 7 nitrogen and oxygen atoms in total. The molecule has 1 aliphatic carbocycles. The fourth-order valence-corrected chi connectivity index (χ4v) is 2.73. The highest BCUT2D eigenvalue weighted by Crippen LogP contribution is 2.34. The van der Waals surface area contributed by atoms with Gasteiger partial charge in [0.1, 0.15) is 6.33 Å². The van der Waals surface area contributed by atoms with Gasteiger partial charge in [-0.3, -0.25) is 4.57 Å². The number of fused-ring (bicyclic) bond motifs is 1. The van der Waals surface area contributed by atoms with Gasteiger partial charge in [0.05, 0.1) is 13.2 Å². The molecule has 0 bridgehead atoms. The summed E-state index contributed by atoms with van der Waals surface area (Å²) in [4.78, 5) is 12.6. The average molecular weight is 263 g/mol. The van der Waals surface area contributed by atoms with Crippen LogP contribution in [0.1, 0.15) is 31.7 Å². The summed E-state index contributed by atoms with van der Waals surface area (Å²) in [5, 5.41) is 9.59. The van der Waals surface area contributed by atoms with Gasteiger partial charge < -0.3 is 15.6 Å². The molecule has 0 atom stereocenters. The van der Waals surface area contributed by atoms with Crippen molar-refractivity contribution in [2.45, 2.75) is 37.8 Å². The van der Waals surface area contributed by atoms with Crippen LogP contribution in [-0.4, -0.2) is 37.8 Å². The second kappa shape index (κ2) is 4.65. The van der Waals surface area contributed by atoms with Gasteiger partial charge in [0.15, 0.2) is 11.2 Å². The molecule has 0 spiro atoms. The molecule has 2 aromatic rings. The molecule has 3 N–H and O–H groups in total. The summed E-state index contributed by atoms with van der Waals surface area (Å²) in [5.41, 5.74) is 7.30. The number of aliphatic hydroxyl groups is 1. The first-order valence-electron chi connectivity index (χ1n) is 6.41. The number of aliphatic hydroxyl groups excluding tert-OH is 1. The van der Waals surface area contributed by atoms with Crippen LogP contribution in [0, 0.1) is 0 Å². The second-order valence-corrected chi connectivity index (χ2v) is 4.86. The summed E-state index contributed by atoms with van der Waals surface area (Å²) in [5.74, 6) is 0.862. The van der Waals surface area contributed by atoms with E-state index in [0.29, 0.717) is 23.0 Å².